The van der Waals surface area contributed by atoms with Crippen LogP contribution in [-0.2, 0) is 6.61 Å². The first kappa shape index (κ1) is 18.3. The highest BCUT2D eigenvalue weighted by Gasteiger charge is 2.08. The lowest BCUT2D eigenvalue weighted by atomic mass is 10.2. The molecular weight excluding hydrogens is 368 g/mol. The lowest BCUT2D eigenvalue weighted by molar-refractivity contribution is 0.0997. The van der Waals surface area contributed by atoms with Crippen LogP contribution in [0.5, 0.6) is 5.75 Å². The topological polar surface area (TPSA) is 107 Å². The Bertz CT molecular complexity index is 977. The number of rotatable bonds is 6. The highest BCUT2D eigenvalue weighted by molar-refractivity contribution is 6.29. The largest absolute Gasteiger partial charge is 0.487 e. The number of carbonyl (C=O) groups is 2. The summed E-state index contributed by atoms with van der Waals surface area (Å²) in [5.41, 5.74) is 7.33. The minimum absolute atomic E-state index is 0.232. The van der Waals surface area contributed by atoms with Crippen molar-refractivity contribution in [3.8, 4) is 5.75 Å². The summed E-state index contributed by atoms with van der Waals surface area (Å²) in [5.74, 6) is -0.446. The number of benzene rings is 1. The van der Waals surface area contributed by atoms with Gasteiger partial charge in [0.25, 0.3) is 5.91 Å². The molecule has 2 aromatic heterocycles. The lowest BCUT2D eigenvalue weighted by Gasteiger charge is -2.09. The van der Waals surface area contributed by atoms with E-state index in [1.165, 1.54) is 24.7 Å². The van der Waals surface area contributed by atoms with E-state index < -0.39 is 5.91 Å². The average molecular weight is 383 g/mol. The Morgan fingerprint density at radius 1 is 1.07 bits per heavy atom. The SMILES string of the molecule is NC(=O)c1cncc(OCc2cccc(NC(=O)c3ccc(Cl)nc3)c2)c1. The summed E-state index contributed by atoms with van der Waals surface area (Å²) in [6.07, 6.45) is 4.27. The fourth-order valence-electron chi connectivity index (χ4n) is 2.25. The summed E-state index contributed by atoms with van der Waals surface area (Å²) in [5, 5.41) is 3.11. The van der Waals surface area contributed by atoms with Crippen molar-refractivity contribution in [3.63, 3.8) is 0 Å². The van der Waals surface area contributed by atoms with Gasteiger partial charge in [0.2, 0.25) is 5.91 Å². The zero-order valence-electron chi connectivity index (χ0n) is 14.1. The van der Waals surface area contributed by atoms with Crippen molar-refractivity contribution in [2.75, 3.05) is 5.32 Å². The van der Waals surface area contributed by atoms with Crippen LogP contribution in [0.15, 0.2) is 61.1 Å². The summed E-state index contributed by atoms with van der Waals surface area (Å²) < 4.78 is 5.63. The maximum atomic E-state index is 12.2. The van der Waals surface area contributed by atoms with Gasteiger partial charge in [-0.25, -0.2) is 4.98 Å². The number of nitrogens with zero attached hydrogens (tertiary/aromatic N) is 2. The second kappa shape index (κ2) is 8.29. The predicted octanol–water partition coefficient (Wildman–Crippen LogP) is 3.06. The van der Waals surface area contributed by atoms with Crippen LogP contribution in [0.25, 0.3) is 0 Å². The van der Waals surface area contributed by atoms with Gasteiger partial charge in [-0.2, -0.15) is 0 Å². The first-order chi connectivity index (χ1) is 13.0. The molecule has 0 fully saturated rings. The molecule has 1 aromatic carbocycles. The summed E-state index contributed by atoms with van der Waals surface area (Å²) in [6, 6.07) is 11.9. The molecular formula is C19H15ClN4O3. The van der Waals surface area contributed by atoms with Gasteiger partial charge in [-0.1, -0.05) is 23.7 Å². The Kier molecular flexibility index (Phi) is 5.63. The van der Waals surface area contributed by atoms with Gasteiger partial charge in [0.05, 0.1) is 17.3 Å². The molecule has 0 aliphatic carbocycles. The van der Waals surface area contributed by atoms with Gasteiger partial charge >= 0.3 is 0 Å². The van der Waals surface area contributed by atoms with Gasteiger partial charge in [0, 0.05) is 18.1 Å². The molecule has 3 rings (SSSR count). The van der Waals surface area contributed by atoms with Gasteiger partial charge in [-0.15, -0.1) is 0 Å². The predicted molar refractivity (Wildman–Crippen MR) is 101 cm³/mol. The van der Waals surface area contributed by atoms with Crippen molar-refractivity contribution in [2.45, 2.75) is 6.61 Å². The molecule has 0 saturated carbocycles. The highest BCUT2D eigenvalue weighted by Crippen LogP contribution is 2.16. The number of nitrogens with two attached hydrogens (primary N) is 1. The Balaban J connectivity index is 1.65. The summed E-state index contributed by atoms with van der Waals surface area (Å²) in [7, 11) is 0. The highest BCUT2D eigenvalue weighted by atomic mass is 35.5. The monoisotopic (exact) mass is 382 g/mol. The van der Waals surface area contributed by atoms with Gasteiger partial charge in [-0.05, 0) is 35.9 Å². The molecule has 2 amide bonds. The minimum atomic E-state index is -0.575. The maximum absolute atomic E-state index is 12.2. The van der Waals surface area contributed by atoms with Gasteiger partial charge in [0.1, 0.15) is 17.5 Å². The smallest absolute Gasteiger partial charge is 0.257 e. The number of carbonyl (C=O) groups excluding carboxylic acids is 2. The van der Waals surface area contributed by atoms with Crippen molar-refractivity contribution < 1.29 is 14.3 Å². The van der Waals surface area contributed by atoms with Crippen molar-refractivity contribution in [1.29, 1.82) is 0 Å². The molecule has 0 aliphatic heterocycles. The van der Waals surface area contributed by atoms with Crippen LogP contribution in [0, 0.1) is 0 Å². The third kappa shape index (κ3) is 5.02. The molecule has 0 unspecified atom stereocenters. The number of pyridine rings is 2. The third-order valence-corrected chi connectivity index (χ3v) is 3.80. The molecule has 0 bridgehead atoms. The molecule has 0 saturated heterocycles. The molecule has 27 heavy (non-hydrogen) atoms. The molecule has 0 aliphatic rings. The van der Waals surface area contributed by atoms with Crippen LogP contribution in [-0.4, -0.2) is 21.8 Å². The number of primary amides is 1. The van der Waals surface area contributed by atoms with E-state index >= 15 is 0 Å². The molecule has 0 spiro atoms. The number of halogens is 1. The molecule has 3 N–H and O–H groups in total. The second-order valence-corrected chi connectivity index (χ2v) is 5.97. The third-order valence-electron chi connectivity index (χ3n) is 3.58. The number of aromatic nitrogens is 2. The van der Waals surface area contributed by atoms with Crippen molar-refractivity contribution in [3.05, 3.63) is 82.9 Å². The van der Waals surface area contributed by atoms with E-state index in [1.807, 2.05) is 6.07 Å². The van der Waals surface area contributed by atoms with E-state index in [1.54, 1.807) is 30.3 Å². The Hall–Kier alpha value is -3.45. The quantitative estimate of drug-likeness (QED) is 0.637. The average Bonchev–Trinajstić information content (AvgIpc) is 2.67. The van der Waals surface area contributed by atoms with Crippen molar-refractivity contribution >= 4 is 29.1 Å². The second-order valence-electron chi connectivity index (χ2n) is 5.59. The fraction of sp³-hybridized carbons (Fsp3) is 0.0526. The van der Waals surface area contributed by atoms with Gasteiger partial charge in [-0.3, -0.25) is 14.6 Å². The summed E-state index contributed by atoms with van der Waals surface area (Å²) in [6.45, 7) is 0.232. The van der Waals surface area contributed by atoms with Gasteiger partial charge < -0.3 is 15.8 Å². The zero-order valence-corrected chi connectivity index (χ0v) is 14.8. The Morgan fingerprint density at radius 3 is 2.67 bits per heavy atom. The van der Waals surface area contributed by atoms with Crippen LogP contribution in [0.4, 0.5) is 5.69 Å². The molecule has 0 radical (unpaired) electrons. The van der Waals surface area contributed by atoms with Crippen molar-refractivity contribution in [1.82, 2.24) is 9.97 Å². The number of hydrogen-bond donors (Lipinski definition) is 2. The lowest BCUT2D eigenvalue weighted by Crippen LogP contribution is -2.12. The number of nitrogens with one attached hydrogen (secondary N) is 1. The van der Waals surface area contributed by atoms with E-state index in [0.29, 0.717) is 22.2 Å². The molecule has 3 aromatic rings. The van der Waals surface area contributed by atoms with E-state index in [-0.39, 0.29) is 18.1 Å². The molecule has 8 heteroatoms. The van der Waals surface area contributed by atoms with Crippen molar-refractivity contribution in [2.24, 2.45) is 5.73 Å². The van der Waals surface area contributed by atoms with Crippen LogP contribution in [0.1, 0.15) is 26.3 Å². The van der Waals surface area contributed by atoms with Crippen LogP contribution in [0.2, 0.25) is 5.15 Å². The van der Waals surface area contributed by atoms with E-state index in [4.69, 9.17) is 22.1 Å². The van der Waals surface area contributed by atoms with Crippen LogP contribution in [0.3, 0.4) is 0 Å². The van der Waals surface area contributed by atoms with E-state index in [9.17, 15) is 9.59 Å². The Morgan fingerprint density at radius 2 is 1.93 bits per heavy atom. The number of ether oxygens (including phenoxy) is 1. The van der Waals surface area contributed by atoms with Gasteiger partial charge in [0.15, 0.2) is 0 Å². The molecule has 7 nitrogen and oxygen atoms in total. The number of amides is 2. The van der Waals surface area contributed by atoms with E-state index in [2.05, 4.69) is 15.3 Å². The maximum Gasteiger partial charge on any atom is 0.257 e. The van der Waals surface area contributed by atoms with Crippen LogP contribution < -0.4 is 15.8 Å². The minimum Gasteiger partial charge on any atom is -0.487 e. The molecule has 0 atom stereocenters. The summed E-state index contributed by atoms with van der Waals surface area (Å²) in [4.78, 5) is 31.2. The number of anilines is 1. The Labute approximate surface area is 160 Å². The standard InChI is InChI=1S/C19H15ClN4O3/c20-17-5-4-13(9-23-17)19(26)24-15-3-1-2-12(6-15)11-27-16-7-14(18(21)25)8-22-10-16/h1-10H,11H2,(H2,21,25)(H,24,26). The van der Waals surface area contributed by atoms with Crippen LogP contribution >= 0.6 is 11.6 Å². The molecule has 2 heterocycles. The normalized spacial score (nSPS) is 10.3. The molecule has 136 valence electrons. The number of hydrogen-bond acceptors (Lipinski definition) is 5. The zero-order chi connectivity index (χ0) is 19.2. The first-order valence-electron chi connectivity index (χ1n) is 7.91. The fourth-order valence-corrected chi connectivity index (χ4v) is 2.36. The summed E-state index contributed by atoms with van der Waals surface area (Å²) >= 11 is 5.72. The van der Waals surface area contributed by atoms with E-state index in [0.717, 1.165) is 5.56 Å². The first-order valence-corrected chi connectivity index (χ1v) is 8.28.